The van der Waals surface area contributed by atoms with Crippen LogP contribution >= 0.6 is 0 Å². The third-order valence-electron chi connectivity index (χ3n) is 5.79. The number of benzene rings is 2. The fraction of sp³-hybridized carbons (Fsp3) is 0.364. The second kappa shape index (κ2) is 7.63. The summed E-state index contributed by atoms with van der Waals surface area (Å²) in [6.45, 7) is 5.80. The van der Waals surface area contributed by atoms with Gasteiger partial charge in [0.25, 0.3) is 0 Å². The third kappa shape index (κ3) is 3.40. The molecule has 0 spiro atoms. The van der Waals surface area contributed by atoms with Gasteiger partial charge in [-0.1, -0.05) is 0 Å². The molecule has 168 valence electrons. The van der Waals surface area contributed by atoms with Crippen molar-refractivity contribution < 1.29 is 13.5 Å². The molecule has 2 aromatic carbocycles. The van der Waals surface area contributed by atoms with Crippen LogP contribution in [0, 0.1) is 11.6 Å². The van der Waals surface area contributed by atoms with Crippen molar-refractivity contribution in [3.63, 3.8) is 0 Å². The standard InChI is InChI=1S/C22H25F2N7O/c1-11-8-31(9-12(2)25-11)14-6-15(23)18-16(7-14)27-28-22(18)26-17-5-13-10-30(3)29-20(13)19(24)21(17)32-4/h5-7,10-12,25H,8-9H2,1-4H3,(H2,26,27,28)/t11-,12-/m0/s1. The lowest BCUT2D eigenvalue weighted by molar-refractivity contribution is 0.390. The zero-order chi connectivity index (χ0) is 22.6. The maximum absolute atomic E-state index is 15.2. The van der Waals surface area contributed by atoms with Gasteiger partial charge in [0.15, 0.2) is 17.4 Å². The number of nitrogens with one attached hydrogen (secondary N) is 3. The second-order valence-corrected chi connectivity index (χ2v) is 8.43. The van der Waals surface area contributed by atoms with Crippen molar-refractivity contribution >= 4 is 39.0 Å². The highest BCUT2D eigenvalue weighted by Crippen LogP contribution is 2.37. The first-order valence-corrected chi connectivity index (χ1v) is 10.5. The van der Waals surface area contributed by atoms with Gasteiger partial charge in [0.1, 0.15) is 11.3 Å². The number of piperazine rings is 1. The summed E-state index contributed by atoms with van der Waals surface area (Å²) in [4.78, 5) is 2.16. The van der Waals surface area contributed by atoms with E-state index in [0.29, 0.717) is 34.1 Å². The molecule has 32 heavy (non-hydrogen) atoms. The molecular formula is C22H25F2N7O. The zero-order valence-corrected chi connectivity index (χ0v) is 18.3. The number of aromatic nitrogens is 4. The molecule has 1 aliphatic heterocycles. The molecule has 0 aliphatic carbocycles. The van der Waals surface area contributed by atoms with Gasteiger partial charge in [-0.15, -0.1) is 0 Å². The van der Waals surface area contributed by atoms with Crippen LogP contribution in [0.1, 0.15) is 13.8 Å². The summed E-state index contributed by atoms with van der Waals surface area (Å²) in [5.74, 6) is -0.743. The lowest BCUT2D eigenvalue weighted by Crippen LogP contribution is -2.54. The fourth-order valence-electron chi connectivity index (χ4n) is 4.55. The Balaban J connectivity index is 1.53. The van der Waals surface area contributed by atoms with Gasteiger partial charge in [-0.05, 0) is 32.0 Å². The number of methoxy groups -OCH3 is 1. The molecule has 0 amide bonds. The highest BCUT2D eigenvalue weighted by atomic mass is 19.1. The van der Waals surface area contributed by atoms with Crippen molar-refractivity contribution in [2.24, 2.45) is 7.05 Å². The van der Waals surface area contributed by atoms with Gasteiger partial charge in [-0.3, -0.25) is 9.78 Å². The Labute approximate surface area is 183 Å². The van der Waals surface area contributed by atoms with Crippen molar-refractivity contribution in [3.8, 4) is 5.75 Å². The molecule has 2 atom stereocenters. The van der Waals surface area contributed by atoms with E-state index in [2.05, 4.69) is 44.7 Å². The Hall–Kier alpha value is -3.40. The Morgan fingerprint density at radius 3 is 2.62 bits per heavy atom. The van der Waals surface area contributed by atoms with Crippen molar-refractivity contribution in [1.82, 2.24) is 25.3 Å². The van der Waals surface area contributed by atoms with Crippen molar-refractivity contribution in [2.45, 2.75) is 25.9 Å². The molecule has 4 aromatic rings. The number of anilines is 3. The summed E-state index contributed by atoms with van der Waals surface area (Å²) in [5, 5.41) is 18.7. The number of aromatic amines is 1. The summed E-state index contributed by atoms with van der Waals surface area (Å²) in [6.07, 6.45) is 1.70. The fourth-order valence-corrected chi connectivity index (χ4v) is 4.55. The Bertz CT molecular complexity index is 1310. The highest BCUT2D eigenvalue weighted by molar-refractivity contribution is 5.96. The average Bonchev–Trinajstić information content (AvgIpc) is 3.31. The van der Waals surface area contributed by atoms with Crippen LogP contribution in [-0.4, -0.2) is 52.3 Å². The first-order valence-electron chi connectivity index (χ1n) is 10.5. The highest BCUT2D eigenvalue weighted by Gasteiger charge is 2.24. The van der Waals surface area contributed by atoms with Crippen molar-refractivity contribution in [1.29, 1.82) is 0 Å². The number of nitrogens with zero attached hydrogens (tertiary/aromatic N) is 4. The van der Waals surface area contributed by atoms with Crippen LogP contribution in [-0.2, 0) is 7.05 Å². The molecule has 8 nitrogen and oxygen atoms in total. The number of rotatable bonds is 4. The first kappa shape index (κ1) is 20.5. The first-order chi connectivity index (χ1) is 15.3. The molecule has 0 unspecified atom stereocenters. The molecule has 0 bridgehead atoms. The van der Waals surface area contributed by atoms with E-state index in [1.54, 1.807) is 19.3 Å². The van der Waals surface area contributed by atoms with Gasteiger partial charge in [0, 0.05) is 49.5 Å². The lowest BCUT2D eigenvalue weighted by atomic mass is 10.1. The molecule has 1 aliphatic rings. The topological polar surface area (TPSA) is 83.0 Å². The maximum atomic E-state index is 15.2. The zero-order valence-electron chi connectivity index (χ0n) is 18.3. The van der Waals surface area contributed by atoms with Gasteiger partial charge in [-0.2, -0.15) is 10.2 Å². The van der Waals surface area contributed by atoms with Crippen LogP contribution in [0.3, 0.4) is 0 Å². The van der Waals surface area contributed by atoms with E-state index in [9.17, 15) is 4.39 Å². The summed E-state index contributed by atoms with van der Waals surface area (Å²) in [7, 11) is 3.09. The largest absolute Gasteiger partial charge is 0.492 e. The SMILES string of the molecule is COc1c(Nc2n[nH]c3cc(N4C[C@H](C)N[C@@H](C)C4)cc(F)c23)cc2cn(C)nc2c1F. The number of halogens is 2. The van der Waals surface area contributed by atoms with Crippen LogP contribution < -0.4 is 20.3 Å². The van der Waals surface area contributed by atoms with E-state index in [4.69, 9.17) is 4.74 Å². The summed E-state index contributed by atoms with van der Waals surface area (Å²) in [5.41, 5.74) is 1.90. The quantitative estimate of drug-likeness (QED) is 0.448. The van der Waals surface area contributed by atoms with Crippen molar-refractivity contribution in [3.05, 3.63) is 36.0 Å². The van der Waals surface area contributed by atoms with Crippen LogP contribution in [0.25, 0.3) is 21.8 Å². The van der Waals surface area contributed by atoms with Crippen LogP contribution in [0.2, 0.25) is 0 Å². The molecule has 5 rings (SSSR count). The smallest absolute Gasteiger partial charge is 0.195 e. The lowest BCUT2D eigenvalue weighted by Gasteiger charge is -2.37. The van der Waals surface area contributed by atoms with Crippen LogP contribution in [0.5, 0.6) is 5.75 Å². The van der Waals surface area contributed by atoms with Crippen molar-refractivity contribution in [2.75, 3.05) is 30.4 Å². The third-order valence-corrected chi connectivity index (χ3v) is 5.79. The summed E-state index contributed by atoms with van der Waals surface area (Å²) < 4.78 is 37.0. The summed E-state index contributed by atoms with van der Waals surface area (Å²) >= 11 is 0. The van der Waals surface area contributed by atoms with Gasteiger partial charge in [0.05, 0.1) is 23.7 Å². The Morgan fingerprint density at radius 1 is 1.16 bits per heavy atom. The number of hydrogen-bond acceptors (Lipinski definition) is 6. The van der Waals surface area contributed by atoms with E-state index in [-0.39, 0.29) is 17.1 Å². The second-order valence-electron chi connectivity index (χ2n) is 8.43. The van der Waals surface area contributed by atoms with E-state index < -0.39 is 11.6 Å². The van der Waals surface area contributed by atoms with Gasteiger partial charge < -0.3 is 20.3 Å². The maximum Gasteiger partial charge on any atom is 0.195 e. The monoisotopic (exact) mass is 441 g/mol. The minimum atomic E-state index is -0.586. The number of H-pyrrole nitrogens is 1. The number of aryl methyl sites for hydroxylation is 1. The molecule has 0 saturated carbocycles. The Kier molecular flexibility index (Phi) is 4.89. The van der Waals surface area contributed by atoms with E-state index in [0.717, 1.165) is 18.8 Å². The van der Waals surface area contributed by atoms with Crippen LogP contribution in [0.4, 0.5) is 26.0 Å². The van der Waals surface area contributed by atoms with Crippen LogP contribution in [0.15, 0.2) is 24.4 Å². The molecule has 1 fully saturated rings. The van der Waals surface area contributed by atoms with Gasteiger partial charge in [-0.25, -0.2) is 8.78 Å². The number of ether oxygens (including phenoxy) is 1. The molecule has 2 aromatic heterocycles. The minimum Gasteiger partial charge on any atom is -0.492 e. The normalized spacial score (nSPS) is 19.1. The van der Waals surface area contributed by atoms with E-state index in [1.807, 2.05) is 6.07 Å². The molecule has 3 heterocycles. The average molecular weight is 441 g/mol. The van der Waals surface area contributed by atoms with Gasteiger partial charge >= 0.3 is 0 Å². The van der Waals surface area contributed by atoms with E-state index in [1.165, 1.54) is 17.9 Å². The summed E-state index contributed by atoms with van der Waals surface area (Å²) in [6, 6.07) is 5.74. The molecular weight excluding hydrogens is 416 g/mol. The predicted octanol–water partition coefficient (Wildman–Crippen LogP) is 3.67. The predicted molar refractivity (Wildman–Crippen MR) is 121 cm³/mol. The Morgan fingerprint density at radius 2 is 1.91 bits per heavy atom. The van der Waals surface area contributed by atoms with Gasteiger partial charge in [0.2, 0.25) is 0 Å². The molecule has 10 heteroatoms. The minimum absolute atomic E-state index is 0.00632. The molecule has 0 radical (unpaired) electrons. The van der Waals surface area contributed by atoms with E-state index >= 15 is 4.39 Å². The molecule has 1 saturated heterocycles. The molecule has 3 N–H and O–H groups in total. The number of fused-ring (bicyclic) bond motifs is 2. The number of hydrogen-bond donors (Lipinski definition) is 3.